The second-order valence-electron chi connectivity index (χ2n) is 4.31. The van der Waals surface area contributed by atoms with Gasteiger partial charge in [-0.15, -0.1) is 6.58 Å². The second kappa shape index (κ2) is 5.13. The minimum atomic E-state index is -0.240. The molecule has 1 N–H and O–H groups in total. The minimum absolute atomic E-state index is 0.240. The number of rotatable bonds is 5. The minimum Gasteiger partial charge on any atom is -0.393 e. The summed E-state index contributed by atoms with van der Waals surface area (Å²) in [5.74, 6) is 0. The van der Waals surface area contributed by atoms with Crippen molar-refractivity contribution in [1.82, 2.24) is 0 Å². The monoisotopic (exact) mass is 214 g/mol. The first-order valence-corrected chi connectivity index (χ1v) is 5.87. The molecule has 1 aliphatic rings. The molecule has 1 unspecified atom stereocenters. The molecular formula is C15H18O. The van der Waals surface area contributed by atoms with Crippen molar-refractivity contribution >= 4 is 5.57 Å². The van der Waals surface area contributed by atoms with Gasteiger partial charge in [0.25, 0.3) is 0 Å². The quantitative estimate of drug-likeness (QED) is 0.745. The molecule has 1 nitrogen and oxygen atoms in total. The van der Waals surface area contributed by atoms with Gasteiger partial charge in [-0.05, 0) is 42.4 Å². The van der Waals surface area contributed by atoms with E-state index in [0.29, 0.717) is 0 Å². The lowest BCUT2D eigenvalue weighted by atomic mass is 9.99. The van der Waals surface area contributed by atoms with E-state index in [-0.39, 0.29) is 6.10 Å². The Kier molecular flexibility index (Phi) is 3.58. The number of hydrogen-bond donors (Lipinski definition) is 1. The van der Waals surface area contributed by atoms with Crippen LogP contribution in [0.25, 0.3) is 5.57 Å². The SMILES string of the molecule is C=CCCC(O)CC1=CCc2ccccc21. The molecule has 1 aromatic rings. The van der Waals surface area contributed by atoms with E-state index in [9.17, 15) is 5.11 Å². The summed E-state index contributed by atoms with van der Waals surface area (Å²) in [6.07, 6.45) is 7.33. The Balaban J connectivity index is 2.00. The van der Waals surface area contributed by atoms with Crippen LogP contribution < -0.4 is 0 Å². The molecular weight excluding hydrogens is 196 g/mol. The molecule has 0 heterocycles. The van der Waals surface area contributed by atoms with Crippen LogP contribution in [0.1, 0.15) is 30.4 Å². The molecule has 0 radical (unpaired) electrons. The summed E-state index contributed by atoms with van der Waals surface area (Å²) in [5, 5.41) is 9.88. The molecule has 0 spiro atoms. The van der Waals surface area contributed by atoms with E-state index >= 15 is 0 Å². The Morgan fingerprint density at radius 3 is 3.00 bits per heavy atom. The van der Waals surface area contributed by atoms with Gasteiger partial charge in [-0.1, -0.05) is 36.4 Å². The van der Waals surface area contributed by atoms with Gasteiger partial charge in [0.15, 0.2) is 0 Å². The number of fused-ring (bicyclic) bond motifs is 1. The molecule has 0 fully saturated rings. The third-order valence-electron chi connectivity index (χ3n) is 3.09. The lowest BCUT2D eigenvalue weighted by molar-refractivity contribution is 0.171. The highest BCUT2D eigenvalue weighted by Crippen LogP contribution is 2.30. The topological polar surface area (TPSA) is 20.2 Å². The Hall–Kier alpha value is -1.34. The zero-order valence-corrected chi connectivity index (χ0v) is 9.52. The van der Waals surface area contributed by atoms with Gasteiger partial charge in [0.2, 0.25) is 0 Å². The number of benzene rings is 1. The summed E-state index contributed by atoms with van der Waals surface area (Å²) >= 11 is 0. The van der Waals surface area contributed by atoms with Crippen LogP contribution in [-0.4, -0.2) is 11.2 Å². The van der Waals surface area contributed by atoms with Crippen molar-refractivity contribution in [2.45, 2.75) is 31.8 Å². The second-order valence-corrected chi connectivity index (χ2v) is 4.31. The fourth-order valence-corrected chi connectivity index (χ4v) is 2.21. The first-order chi connectivity index (χ1) is 7.81. The van der Waals surface area contributed by atoms with Crippen LogP contribution in [0.15, 0.2) is 43.0 Å². The summed E-state index contributed by atoms with van der Waals surface area (Å²) in [7, 11) is 0. The lowest BCUT2D eigenvalue weighted by Crippen LogP contribution is -2.06. The standard InChI is InChI=1S/C15H18O/c1-2-3-7-14(16)11-13-10-9-12-6-4-5-8-15(12)13/h2,4-6,8,10,14,16H,1,3,7,9,11H2. The zero-order chi connectivity index (χ0) is 11.4. The highest BCUT2D eigenvalue weighted by molar-refractivity contribution is 5.73. The van der Waals surface area contributed by atoms with E-state index in [4.69, 9.17) is 0 Å². The summed E-state index contributed by atoms with van der Waals surface area (Å²) in [6, 6.07) is 8.45. The van der Waals surface area contributed by atoms with Gasteiger partial charge in [-0.3, -0.25) is 0 Å². The van der Waals surface area contributed by atoms with Gasteiger partial charge in [0, 0.05) is 0 Å². The van der Waals surface area contributed by atoms with Crippen LogP contribution in [0.3, 0.4) is 0 Å². The van der Waals surface area contributed by atoms with Gasteiger partial charge in [-0.2, -0.15) is 0 Å². The fourth-order valence-electron chi connectivity index (χ4n) is 2.21. The Morgan fingerprint density at radius 2 is 2.19 bits per heavy atom. The maximum Gasteiger partial charge on any atom is 0.0583 e. The van der Waals surface area contributed by atoms with Crippen LogP contribution in [0.5, 0.6) is 0 Å². The maximum atomic E-state index is 9.88. The van der Waals surface area contributed by atoms with Crippen molar-refractivity contribution in [2.75, 3.05) is 0 Å². The highest BCUT2D eigenvalue weighted by Gasteiger charge is 2.15. The fraction of sp³-hybridized carbons (Fsp3) is 0.333. The number of aliphatic hydroxyl groups excluding tert-OH is 1. The summed E-state index contributed by atoms with van der Waals surface area (Å²) in [6.45, 7) is 3.67. The molecule has 16 heavy (non-hydrogen) atoms. The molecule has 84 valence electrons. The number of aliphatic hydroxyl groups is 1. The number of hydrogen-bond acceptors (Lipinski definition) is 1. The lowest BCUT2D eigenvalue weighted by Gasteiger charge is -2.11. The van der Waals surface area contributed by atoms with Crippen molar-refractivity contribution in [1.29, 1.82) is 0 Å². The molecule has 0 saturated carbocycles. The van der Waals surface area contributed by atoms with E-state index in [2.05, 4.69) is 36.9 Å². The molecule has 0 aliphatic heterocycles. The average molecular weight is 214 g/mol. The van der Waals surface area contributed by atoms with Gasteiger partial charge in [0.1, 0.15) is 0 Å². The van der Waals surface area contributed by atoms with Crippen LogP contribution in [-0.2, 0) is 6.42 Å². The molecule has 0 bridgehead atoms. The number of allylic oxidation sites excluding steroid dienone is 2. The van der Waals surface area contributed by atoms with E-state index in [1.807, 2.05) is 6.08 Å². The molecule has 1 aliphatic carbocycles. The van der Waals surface area contributed by atoms with E-state index in [0.717, 1.165) is 25.7 Å². The predicted octanol–water partition coefficient (Wildman–Crippen LogP) is 3.34. The van der Waals surface area contributed by atoms with Crippen molar-refractivity contribution in [3.8, 4) is 0 Å². The maximum absolute atomic E-state index is 9.88. The molecule has 0 amide bonds. The Bertz CT molecular complexity index is 404. The molecule has 0 aromatic heterocycles. The molecule has 0 saturated heterocycles. The first-order valence-electron chi connectivity index (χ1n) is 5.87. The zero-order valence-electron chi connectivity index (χ0n) is 9.52. The van der Waals surface area contributed by atoms with E-state index < -0.39 is 0 Å². The van der Waals surface area contributed by atoms with Crippen LogP contribution in [0.2, 0.25) is 0 Å². The normalized spacial score (nSPS) is 15.4. The molecule has 1 atom stereocenters. The van der Waals surface area contributed by atoms with Crippen LogP contribution in [0, 0.1) is 0 Å². The van der Waals surface area contributed by atoms with Crippen molar-refractivity contribution in [3.05, 3.63) is 54.1 Å². The van der Waals surface area contributed by atoms with Crippen LogP contribution >= 0.6 is 0 Å². The van der Waals surface area contributed by atoms with Gasteiger partial charge in [-0.25, -0.2) is 0 Å². The van der Waals surface area contributed by atoms with Gasteiger partial charge < -0.3 is 5.11 Å². The van der Waals surface area contributed by atoms with Gasteiger partial charge >= 0.3 is 0 Å². The van der Waals surface area contributed by atoms with Crippen molar-refractivity contribution in [3.63, 3.8) is 0 Å². The first kappa shape index (κ1) is 11.2. The third kappa shape index (κ3) is 2.42. The highest BCUT2D eigenvalue weighted by atomic mass is 16.3. The summed E-state index contributed by atoms with van der Waals surface area (Å²) in [4.78, 5) is 0. The predicted molar refractivity (Wildman–Crippen MR) is 68.2 cm³/mol. The van der Waals surface area contributed by atoms with Crippen molar-refractivity contribution < 1.29 is 5.11 Å². The summed E-state index contributed by atoms with van der Waals surface area (Å²) < 4.78 is 0. The van der Waals surface area contributed by atoms with E-state index in [1.54, 1.807) is 0 Å². The van der Waals surface area contributed by atoms with Gasteiger partial charge in [0.05, 0.1) is 6.10 Å². The molecule has 2 rings (SSSR count). The van der Waals surface area contributed by atoms with E-state index in [1.165, 1.54) is 16.7 Å². The molecule has 1 heteroatoms. The smallest absolute Gasteiger partial charge is 0.0583 e. The Labute approximate surface area is 97.1 Å². The largest absolute Gasteiger partial charge is 0.393 e. The summed E-state index contributed by atoms with van der Waals surface area (Å²) in [5.41, 5.74) is 4.00. The molecule has 1 aromatic carbocycles. The van der Waals surface area contributed by atoms with Crippen LogP contribution in [0.4, 0.5) is 0 Å². The third-order valence-corrected chi connectivity index (χ3v) is 3.09. The average Bonchev–Trinajstić information content (AvgIpc) is 2.70. The Morgan fingerprint density at radius 1 is 1.38 bits per heavy atom. The van der Waals surface area contributed by atoms with Crippen molar-refractivity contribution in [2.24, 2.45) is 0 Å².